The Bertz CT molecular complexity index is 780. The number of nitrogens with two attached hydrogens (primary N) is 1. The third-order valence-corrected chi connectivity index (χ3v) is 5.05. The molecule has 9 heteroatoms. The number of ether oxygens (including phenoxy) is 2. The third-order valence-electron chi connectivity index (χ3n) is 5.05. The van der Waals surface area contributed by atoms with Crippen molar-refractivity contribution in [2.75, 3.05) is 55.4 Å². The summed E-state index contributed by atoms with van der Waals surface area (Å²) >= 11 is 0. The number of nitrogens with zero attached hydrogens (tertiary/aromatic N) is 6. The Morgan fingerprint density at radius 3 is 2.67 bits per heavy atom. The first kappa shape index (κ1) is 17.9. The lowest BCUT2D eigenvalue weighted by molar-refractivity contribution is 0.0381. The van der Waals surface area contributed by atoms with Gasteiger partial charge in [0.25, 0.3) is 0 Å². The van der Waals surface area contributed by atoms with Crippen molar-refractivity contribution in [3.8, 4) is 11.3 Å². The summed E-state index contributed by atoms with van der Waals surface area (Å²) in [7, 11) is 1.73. The van der Waals surface area contributed by atoms with Gasteiger partial charge in [-0.15, -0.1) is 0 Å². The minimum absolute atomic E-state index is 0.224. The fraction of sp³-hybridized carbons (Fsp3) is 0.556. The number of morpholine rings is 1. The average molecular weight is 371 g/mol. The minimum atomic E-state index is 0.224. The molecule has 2 saturated heterocycles. The van der Waals surface area contributed by atoms with Crippen LogP contribution in [0.4, 0.5) is 17.7 Å². The summed E-state index contributed by atoms with van der Waals surface area (Å²) in [5.74, 6) is 1.85. The Balaban J connectivity index is 1.67. The lowest BCUT2D eigenvalue weighted by Crippen LogP contribution is -2.52. The lowest BCUT2D eigenvalue weighted by Gasteiger charge is -2.39. The highest BCUT2D eigenvalue weighted by Crippen LogP contribution is 2.28. The van der Waals surface area contributed by atoms with E-state index < -0.39 is 0 Å². The highest BCUT2D eigenvalue weighted by atomic mass is 16.5. The van der Waals surface area contributed by atoms with Gasteiger partial charge in [0.15, 0.2) is 0 Å². The van der Waals surface area contributed by atoms with Crippen LogP contribution in [0.25, 0.3) is 11.3 Å². The molecule has 0 aromatic carbocycles. The van der Waals surface area contributed by atoms with Crippen LogP contribution in [0.2, 0.25) is 0 Å². The number of nitrogen functional groups attached to an aromatic ring is 1. The number of rotatable bonds is 5. The van der Waals surface area contributed by atoms with Gasteiger partial charge < -0.3 is 25.0 Å². The number of anilines is 3. The highest BCUT2D eigenvalue weighted by molar-refractivity contribution is 5.64. The molecule has 27 heavy (non-hydrogen) atoms. The van der Waals surface area contributed by atoms with Gasteiger partial charge in [-0.05, 0) is 6.42 Å². The molecule has 2 aliphatic heterocycles. The molecule has 0 unspecified atom stereocenters. The van der Waals surface area contributed by atoms with Gasteiger partial charge in [0.2, 0.25) is 11.9 Å². The maximum atomic E-state index is 5.80. The molecule has 0 amide bonds. The van der Waals surface area contributed by atoms with Crippen molar-refractivity contribution in [2.45, 2.75) is 25.6 Å². The van der Waals surface area contributed by atoms with Gasteiger partial charge in [-0.2, -0.15) is 4.98 Å². The zero-order valence-corrected chi connectivity index (χ0v) is 15.7. The van der Waals surface area contributed by atoms with Crippen LogP contribution in [0.5, 0.6) is 0 Å². The van der Waals surface area contributed by atoms with Gasteiger partial charge in [-0.25, -0.2) is 15.0 Å². The highest BCUT2D eigenvalue weighted by Gasteiger charge is 2.30. The standard InChI is InChI=1S/C18H25N7O2/c1-3-13-9-24(4-5-27-13)16-6-15(12-7-20-17(19)21-8-12)22-18(23-16)25-10-14(11-25)26-2/h6-8,13-14H,3-5,9-11H2,1-2H3,(H2,19,20,21)/t13-/m0/s1. The second-order valence-corrected chi connectivity index (χ2v) is 6.85. The average Bonchev–Trinajstić information content (AvgIpc) is 2.67. The van der Waals surface area contributed by atoms with E-state index in [0.717, 1.165) is 49.7 Å². The van der Waals surface area contributed by atoms with Gasteiger partial charge in [0.05, 0.1) is 24.5 Å². The van der Waals surface area contributed by atoms with E-state index in [0.29, 0.717) is 12.6 Å². The van der Waals surface area contributed by atoms with Crippen molar-refractivity contribution in [1.82, 2.24) is 19.9 Å². The first-order valence-electron chi connectivity index (χ1n) is 9.27. The van der Waals surface area contributed by atoms with Crippen molar-refractivity contribution in [3.63, 3.8) is 0 Å². The van der Waals surface area contributed by atoms with Crippen molar-refractivity contribution in [3.05, 3.63) is 18.5 Å². The van der Waals surface area contributed by atoms with E-state index in [9.17, 15) is 0 Å². The molecule has 0 saturated carbocycles. The Kier molecular flexibility index (Phi) is 5.04. The molecule has 0 aliphatic carbocycles. The molecule has 0 spiro atoms. The zero-order chi connectivity index (χ0) is 18.8. The summed E-state index contributed by atoms with van der Waals surface area (Å²) in [6.07, 6.45) is 4.83. The molecule has 1 atom stereocenters. The number of hydrogen-bond acceptors (Lipinski definition) is 9. The molecule has 4 heterocycles. The molecule has 0 bridgehead atoms. The summed E-state index contributed by atoms with van der Waals surface area (Å²) in [6.45, 7) is 6.06. The first-order chi connectivity index (χ1) is 13.2. The van der Waals surface area contributed by atoms with Crippen molar-refractivity contribution in [2.24, 2.45) is 0 Å². The molecule has 2 aromatic rings. The van der Waals surface area contributed by atoms with Crippen molar-refractivity contribution in [1.29, 1.82) is 0 Å². The molecule has 0 radical (unpaired) electrons. The molecular weight excluding hydrogens is 346 g/mol. The van der Waals surface area contributed by atoms with Crippen molar-refractivity contribution < 1.29 is 9.47 Å². The van der Waals surface area contributed by atoms with E-state index in [1.165, 1.54) is 0 Å². The van der Waals surface area contributed by atoms with Crippen LogP contribution in [-0.2, 0) is 9.47 Å². The summed E-state index contributed by atoms with van der Waals surface area (Å²) < 4.78 is 11.2. The molecule has 9 nitrogen and oxygen atoms in total. The maximum Gasteiger partial charge on any atom is 0.228 e. The van der Waals surface area contributed by atoms with Crippen LogP contribution in [0.1, 0.15) is 13.3 Å². The van der Waals surface area contributed by atoms with E-state index in [1.54, 1.807) is 19.5 Å². The molecule has 4 rings (SSSR count). The molecule has 2 fully saturated rings. The van der Waals surface area contributed by atoms with E-state index >= 15 is 0 Å². The summed E-state index contributed by atoms with van der Waals surface area (Å²) in [5.41, 5.74) is 7.23. The van der Waals surface area contributed by atoms with Crippen molar-refractivity contribution >= 4 is 17.7 Å². The smallest absolute Gasteiger partial charge is 0.228 e. The monoisotopic (exact) mass is 371 g/mol. The Morgan fingerprint density at radius 2 is 1.96 bits per heavy atom. The van der Waals surface area contributed by atoms with Gasteiger partial charge in [0, 0.05) is 57.3 Å². The minimum Gasteiger partial charge on any atom is -0.378 e. The molecule has 144 valence electrons. The van der Waals surface area contributed by atoms with Gasteiger partial charge in [-0.1, -0.05) is 6.92 Å². The van der Waals surface area contributed by atoms with Gasteiger partial charge in [-0.3, -0.25) is 0 Å². The fourth-order valence-electron chi connectivity index (χ4n) is 3.27. The van der Waals surface area contributed by atoms with Crippen LogP contribution < -0.4 is 15.5 Å². The number of hydrogen-bond donors (Lipinski definition) is 1. The molecule has 2 aliphatic rings. The molecular formula is C18H25N7O2. The summed E-state index contributed by atoms with van der Waals surface area (Å²) in [6, 6.07) is 1.99. The van der Waals surface area contributed by atoms with Gasteiger partial charge >= 0.3 is 0 Å². The number of aromatic nitrogens is 4. The van der Waals surface area contributed by atoms with E-state index in [1.807, 2.05) is 6.07 Å². The van der Waals surface area contributed by atoms with E-state index in [4.69, 9.17) is 25.2 Å². The van der Waals surface area contributed by atoms with E-state index in [2.05, 4.69) is 26.7 Å². The van der Waals surface area contributed by atoms with Crippen LogP contribution in [0.15, 0.2) is 18.5 Å². The van der Waals surface area contributed by atoms with Gasteiger partial charge in [0.1, 0.15) is 5.82 Å². The number of methoxy groups -OCH3 is 1. The quantitative estimate of drug-likeness (QED) is 0.823. The third kappa shape index (κ3) is 3.79. The Morgan fingerprint density at radius 1 is 1.19 bits per heavy atom. The zero-order valence-electron chi connectivity index (χ0n) is 15.7. The Hall–Kier alpha value is -2.52. The summed E-state index contributed by atoms with van der Waals surface area (Å²) in [5, 5.41) is 0. The second-order valence-electron chi connectivity index (χ2n) is 6.85. The van der Waals surface area contributed by atoms with Crippen LogP contribution >= 0.6 is 0 Å². The van der Waals surface area contributed by atoms with Crippen LogP contribution in [0.3, 0.4) is 0 Å². The predicted octanol–water partition coefficient (Wildman–Crippen LogP) is 0.966. The SMILES string of the molecule is CC[C@H]1CN(c2cc(-c3cnc(N)nc3)nc(N3CC(OC)C3)n2)CCO1. The topological polar surface area (TPSA) is 103 Å². The second kappa shape index (κ2) is 7.61. The predicted molar refractivity (Wildman–Crippen MR) is 103 cm³/mol. The fourth-order valence-corrected chi connectivity index (χ4v) is 3.27. The van der Waals surface area contributed by atoms with E-state index in [-0.39, 0.29) is 18.2 Å². The normalized spacial score (nSPS) is 20.6. The molecule has 2 N–H and O–H groups in total. The lowest BCUT2D eigenvalue weighted by atomic mass is 10.1. The Labute approximate surface area is 158 Å². The molecule has 2 aromatic heterocycles. The largest absolute Gasteiger partial charge is 0.378 e. The first-order valence-corrected chi connectivity index (χ1v) is 9.27. The van der Waals surface area contributed by atoms with Crippen LogP contribution in [0, 0.1) is 0 Å². The van der Waals surface area contributed by atoms with Crippen LogP contribution in [-0.4, -0.2) is 72.0 Å². The summed E-state index contributed by atoms with van der Waals surface area (Å²) in [4.78, 5) is 22.1. The maximum absolute atomic E-state index is 5.80.